The lowest BCUT2D eigenvalue weighted by atomic mass is 9.77. The fourth-order valence-electron chi connectivity index (χ4n) is 11.6. The molecule has 0 fully saturated rings. The van der Waals surface area contributed by atoms with Gasteiger partial charge in [-0.25, -0.2) is 0 Å². The third-order valence-corrected chi connectivity index (χ3v) is 15.9. The summed E-state index contributed by atoms with van der Waals surface area (Å²) in [5.41, 5.74) is 11.8. The maximum Gasteiger partial charge on any atom is 0.131 e. The van der Waals surface area contributed by atoms with E-state index in [4.69, 9.17) is 47.4 Å². The van der Waals surface area contributed by atoms with Gasteiger partial charge in [-0.3, -0.25) is 0 Å². The molecule has 1 aliphatic rings. The summed E-state index contributed by atoms with van der Waals surface area (Å²) in [7, 11) is 8.78. The van der Waals surface area contributed by atoms with E-state index >= 15 is 0 Å². The lowest BCUT2D eigenvalue weighted by Crippen LogP contribution is -2.24. The van der Waals surface area contributed by atoms with Crippen molar-refractivity contribution in [3.8, 4) is 28.7 Å². The average Bonchev–Trinajstić information content (AvgIpc) is 1.16. The van der Waals surface area contributed by atoms with E-state index in [0.29, 0.717) is 28.7 Å². The van der Waals surface area contributed by atoms with Gasteiger partial charge < -0.3 is 47.4 Å². The van der Waals surface area contributed by atoms with E-state index in [2.05, 4.69) is 234 Å². The Morgan fingerprint density at radius 1 is 0.224 bits per heavy atom. The van der Waals surface area contributed by atoms with Crippen molar-refractivity contribution in [1.29, 1.82) is 0 Å². The summed E-state index contributed by atoms with van der Waals surface area (Å²) < 4.78 is 71.8. The summed E-state index contributed by atoms with van der Waals surface area (Å²) >= 11 is 0. The number of benzene rings is 5. The molecule has 0 radical (unpaired) electrons. The second-order valence-corrected chi connectivity index (χ2v) is 30.0. The Morgan fingerprint density at radius 3 is 0.400 bits per heavy atom. The predicted molar refractivity (Wildman–Crippen MR) is 349 cm³/mol. The summed E-state index contributed by atoms with van der Waals surface area (Å²) in [6.07, 6.45) is -4.95. The van der Waals surface area contributed by atoms with Crippen LogP contribution in [0, 0.1) is 0 Å². The lowest BCUT2D eigenvalue weighted by molar-refractivity contribution is 0.0187. The molecule has 0 N–H and O–H groups in total. The minimum absolute atomic E-state index is 0.250. The summed E-state index contributed by atoms with van der Waals surface area (Å²) in [5.74, 6) is 3.14. The van der Waals surface area contributed by atoms with Gasteiger partial charge in [-0.05, 0) is 185 Å². The van der Waals surface area contributed by atoms with Crippen molar-refractivity contribution in [3.05, 3.63) is 144 Å². The highest BCUT2D eigenvalue weighted by molar-refractivity contribution is 5.64. The highest BCUT2D eigenvalue weighted by Crippen LogP contribution is 2.55. The molecule has 10 nitrogen and oxygen atoms in total. The molecule has 0 atom stereocenters. The number of methoxy groups -OCH3 is 5. The predicted octanol–water partition coefficient (Wildman–Crippen LogP) is 19.1. The van der Waals surface area contributed by atoms with Gasteiger partial charge in [0.05, 0.1) is 66.1 Å². The quantitative estimate of drug-likeness (QED) is 0.101. The van der Waals surface area contributed by atoms with Crippen molar-refractivity contribution in [2.45, 2.75) is 261 Å². The van der Waals surface area contributed by atoms with Crippen molar-refractivity contribution in [2.75, 3.05) is 35.5 Å². The van der Waals surface area contributed by atoms with Gasteiger partial charge in [-0.15, -0.1) is 0 Å². The zero-order chi connectivity index (χ0) is 64.0. The molecule has 0 amide bonds. The lowest BCUT2D eigenvalue weighted by Gasteiger charge is -2.36. The van der Waals surface area contributed by atoms with E-state index in [1.54, 1.807) is 35.5 Å². The van der Waals surface area contributed by atoms with Crippen LogP contribution in [0.15, 0.2) is 60.7 Å². The first-order valence-electron chi connectivity index (χ1n) is 31.1. The molecule has 0 saturated heterocycles. The van der Waals surface area contributed by atoms with Crippen LogP contribution in [-0.4, -0.2) is 66.1 Å². The Morgan fingerprint density at radius 2 is 0.329 bits per heavy atom. The summed E-state index contributed by atoms with van der Waals surface area (Å²) in [5, 5.41) is 0. The molecular weight excluding hydrogens is 1060 g/mol. The number of ether oxygens (including phenoxy) is 10. The number of hydrogen-bond acceptors (Lipinski definition) is 10. The van der Waals surface area contributed by atoms with Crippen molar-refractivity contribution in [3.63, 3.8) is 0 Å². The van der Waals surface area contributed by atoms with Crippen LogP contribution in [0.4, 0.5) is 0 Å². The molecule has 0 saturated carbocycles. The number of rotatable bonds is 15. The van der Waals surface area contributed by atoms with E-state index < -0.39 is 30.5 Å². The number of fused-ring (bicyclic) bond motifs is 10. The Bertz CT molecular complexity index is 2490. The van der Waals surface area contributed by atoms with Crippen LogP contribution < -0.4 is 23.7 Å². The van der Waals surface area contributed by atoms with Gasteiger partial charge in [0.25, 0.3) is 0 Å². The molecule has 10 heteroatoms. The second-order valence-electron chi connectivity index (χ2n) is 30.0. The number of hydrogen-bond donors (Lipinski definition) is 0. The smallest absolute Gasteiger partial charge is 0.131 e. The summed E-state index contributed by atoms with van der Waals surface area (Å²) in [6.45, 7) is 54.6. The second kappa shape index (κ2) is 26.3. The van der Waals surface area contributed by atoms with Gasteiger partial charge in [0, 0.05) is 55.6 Å². The van der Waals surface area contributed by atoms with Crippen LogP contribution in [0.1, 0.15) is 287 Å². The first kappa shape index (κ1) is 69.0. The van der Waals surface area contributed by atoms with Crippen LogP contribution in [0.3, 0.4) is 0 Å². The van der Waals surface area contributed by atoms with Crippen LogP contribution in [0.5, 0.6) is 28.7 Å². The van der Waals surface area contributed by atoms with Crippen molar-refractivity contribution in [1.82, 2.24) is 0 Å². The van der Waals surface area contributed by atoms with E-state index in [1.807, 2.05) is 0 Å². The highest BCUT2D eigenvalue weighted by atomic mass is 16.5. The molecule has 0 unspecified atom stereocenters. The maximum absolute atomic E-state index is 7.44. The summed E-state index contributed by atoms with van der Waals surface area (Å²) in [6, 6.07) is 22.7. The molecule has 85 heavy (non-hydrogen) atoms. The molecule has 5 aromatic rings. The molecule has 0 heterocycles. The van der Waals surface area contributed by atoms with E-state index in [-0.39, 0.29) is 57.6 Å². The van der Waals surface area contributed by atoms with Crippen LogP contribution in [0.2, 0.25) is 0 Å². The molecular formula is C75H110O10. The molecule has 1 aliphatic carbocycles. The minimum atomic E-state index is -0.740. The van der Waals surface area contributed by atoms with Gasteiger partial charge >= 0.3 is 0 Å². The van der Waals surface area contributed by atoms with E-state index in [9.17, 15) is 0 Å². The first-order chi connectivity index (χ1) is 39.2. The zero-order valence-electron chi connectivity index (χ0n) is 58.1. The molecule has 0 aliphatic heterocycles. The third kappa shape index (κ3) is 15.3. The molecule has 0 spiro atoms. The van der Waals surface area contributed by atoms with E-state index in [0.717, 1.165) is 83.5 Å². The fraction of sp³-hybridized carbons (Fsp3) is 0.600. The topological polar surface area (TPSA) is 92.3 Å². The maximum atomic E-state index is 7.44. The fourth-order valence-corrected chi connectivity index (χ4v) is 11.6. The Hall–Kier alpha value is -5.10. The molecule has 0 aromatic heterocycles. The SMILES string of the molecule is COc1c2cc(C(C)(C)C)cc1C(OC(C)C)c1cc(C(C)(C)C)cc(c1OC)C(OC(C)C)c1cc(C(C)(C)C)cc(c1OC)C(OC(C)C)c1cc(C(C)(C)C)cc(c1OC)C(OC(C)C)c1cc(C(C)(C)C)cc(c1OC)C2OC(C)C. The monoisotopic (exact) mass is 1170 g/mol. The molecule has 6 rings (SSSR count). The Kier molecular flexibility index (Phi) is 21.4. The third-order valence-electron chi connectivity index (χ3n) is 15.9. The summed E-state index contributed by atoms with van der Waals surface area (Å²) in [4.78, 5) is 0. The van der Waals surface area contributed by atoms with Gasteiger partial charge in [-0.2, -0.15) is 0 Å². The van der Waals surface area contributed by atoms with E-state index in [1.165, 1.54) is 0 Å². The highest BCUT2D eigenvalue weighted by Gasteiger charge is 2.41. The molecule has 10 bridgehead atoms. The Balaban J connectivity index is 2.13. The van der Waals surface area contributed by atoms with Gasteiger partial charge in [0.2, 0.25) is 0 Å². The van der Waals surface area contributed by atoms with Crippen molar-refractivity contribution >= 4 is 0 Å². The van der Waals surface area contributed by atoms with Crippen molar-refractivity contribution in [2.24, 2.45) is 0 Å². The molecule has 5 aromatic carbocycles. The van der Waals surface area contributed by atoms with Gasteiger partial charge in [0.15, 0.2) is 0 Å². The van der Waals surface area contributed by atoms with Gasteiger partial charge in [0.1, 0.15) is 59.3 Å². The minimum Gasteiger partial charge on any atom is -0.496 e. The first-order valence-corrected chi connectivity index (χ1v) is 31.1. The Labute approximate surface area is 514 Å². The van der Waals surface area contributed by atoms with Crippen LogP contribution in [0.25, 0.3) is 0 Å². The standard InChI is InChI=1S/C75H110O10/c1-41(2)81-66-51-31-46(71(11,12)13)33-53(61(51)76-26)67(82-42(3)4)55-35-48(73(17,18)19)37-57(63(55)78-28)69(84-44(7)8)59-39-50(75(23,24)25)40-60(65(59)80-30)70(85-45(9)10)58-38-49(74(20,21)22)36-56(64(58)79-29)68(83-43(5)6)54-34-47(72(14,15)16)32-52(66)62(54)77-27/h31-45,66-70H,1-30H3. The largest absolute Gasteiger partial charge is 0.496 e. The van der Waals surface area contributed by atoms with Crippen LogP contribution >= 0.6 is 0 Å². The zero-order valence-corrected chi connectivity index (χ0v) is 58.1. The van der Waals surface area contributed by atoms with Crippen LogP contribution in [-0.2, 0) is 50.8 Å². The normalized spacial score (nSPS) is 18.2. The van der Waals surface area contributed by atoms with Crippen molar-refractivity contribution < 1.29 is 47.4 Å². The van der Waals surface area contributed by atoms with Gasteiger partial charge in [-0.1, -0.05) is 104 Å². The average molecular weight is 1170 g/mol. The molecule has 470 valence electrons.